The average molecular weight is 556 g/mol. The quantitative estimate of drug-likeness (QED) is 0.240. The Balaban J connectivity index is 1.22. The highest BCUT2D eigenvalue weighted by Crippen LogP contribution is 2.31. The number of halogens is 1. The first-order chi connectivity index (χ1) is 19.6. The smallest absolute Gasteiger partial charge is 0.255 e. The lowest BCUT2D eigenvalue weighted by Gasteiger charge is -2.37. The van der Waals surface area contributed by atoms with Crippen molar-refractivity contribution in [2.75, 3.05) is 44.2 Å². The molecule has 1 amide bonds. The molecule has 0 unspecified atom stereocenters. The van der Waals surface area contributed by atoms with Crippen LogP contribution < -0.4 is 4.90 Å². The van der Waals surface area contributed by atoms with Gasteiger partial charge < -0.3 is 9.80 Å². The lowest BCUT2D eigenvalue weighted by Crippen LogP contribution is -2.47. The van der Waals surface area contributed by atoms with Gasteiger partial charge in [-0.15, -0.1) is 6.58 Å². The molecule has 0 bridgehead atoms. The van der Waals surface area contributed by atoms with E-state index in [-0.39, 0.29) is 11.9 Å². The topological polar surface area (TPSA) is 26.8 Å². The molecule has 1 aliphatic heterocycles. The van der Waals surface area contributed by atoms with Gasteiger partial charge in [-0.3, -0.25) is 9.69 Å². The summed E-state index contributed by atoms with van der Waals surface area (Å²) >= 11 is 6.61. The first kappa shape index (κ1) is 28.4. The first-order valence-electron chi connectivity index (χ1n) is 14.9. The molecule has 0 aromatic heterocycles. The fourth-order valence-corrected chi connectivity index (χ4v) is 6.59. The van der Waals surface area contributed by atoms with Crippen LogP contribution in [0.2, 0.25) is 5.02 Å². The monoisotopic (exact) mass is 555 g/mol. The fourth-order valence-electron chi connectivity index (χ4n) is 6.40. The molecule has 3 aromatic carbocycles. The molecule has 2 fully saturated rings. The van der Waals surface area contributed by atoms with Gasteiger partial charge in [-0.25, -0.2) is 0 Å². The molecule has 4 nitrogen and oxygen atoms in total. The summed E-state index contributed by atoms with van der Waals surface area (Å²) in [7, 11) is 0. The Morgan fingerprint density at radius 1 is 0.900 bits per heavy atom. The summed E-state index contributed by atoms with van der Waals surface area (Å²) in [5.74, 6) is 0.429. The number of rotatable bonds is 10. The molecule has 5 heteroatoms. The zero-order valence-corrected chi connectivity index (χ0v) is 24.3. The summed E-state index contributed by atoms with van der Waals surface area (Å²) in [5.41, 5.74) is 4.46. The third-order valence-electron chi connectivity index (χ3n) is 8.66. The maximum atomic E-state index is 13.7. The third kappa shape index (κ3) is 6.97. The van der Waals surface area contributed by atoms with E-state index in [0.29, 0.717) is 23.0 Å². The minimum Gasteiger partial charge on any atom is -0.369 e. The second kappa shape index (κ2) is 14.0. The number of benzene rings is 3. The molecule has 0 radical (unpaired) electrons. The van der Waals surface area contributed by atoms with Crippen LogP contribution in [0.25, 0.3) is 0 Å². The number of hydrogen-bond donors (Lipinski definition) is 0. The molecule has 1 saturated heterocycles. The number of nitrogens with zero attached hydrogens (tertiary/aromatic N) is 3. The Morgan fingerprint density at radius 2 is 1.52 bits per heavy atom. The van der Waals surface area contributed by atoms with E-state index in [9.17, 15) is 4.79 Å². The summed E-state index contributed by atoms with van der Waals surface area (Å²) in [4.78, 5) is 20.7. The van der Waals surface area contributed by atoms with Crippen LogP contribution in [0.4, 0.5) is 5.69 Å². The van der Waals surface area contributed by atoms with Crippen molar-refractivity contribution in [3.8, 4) is 0 Å². The van der Waals surface area contributed by atoms with Crippen LogP contribution in [0.15, 0.2) is 91.5 Å². The van der Waals surface area contributed by atoms with E-state index in [1.54, 1.807) is 0 Å². The highest BCUT2D eigenvalue weighted by Gasteiger charge is 2.28. The predicted octanol–water partition coefficient (Wildman–Crippen LogP) is 7.65. The summed E-state index contributed by atoms with van der Waals surface area (Å²) in [6.07, 6.45) is 8.68. The summed E-state index contributed by atoms with van der Waals surface area (Å²) in [6.45, 7) is 9.43. The summed E-state index contributed by atoms with van der Waals surface area (Å²) in [6, 6.07) is 28.0. The molecule has 0 spiro atoms. The van der Waals surface area contributed by atoms with E-state index in [1.807, 2.05) is 23.1 Å². The Bertz CT molecular complexity index is 1190. The molecule has 0 N–H and O–H groups in total. The lowest BCUT2D eigenvalue weighted by molar-refractivity contribution is 0.0663. The molecule has 1 aliphatic carbocycles. The zero-order chi connectivity index (χ0) is 27.7. The third-order valence-corrected chi connectivity index (χ3v) is 8.99. The maximum absolute atomic E-state index is 13.7. The first-order valence-corrected chi connectivity index (χ1v) is 15.3. The molecule has 0 atom stereocenters. The van der Waals surface area contributed by atoms with Crippen molar-refractivity contribution in [1.82, 2.24) is 9.80 Å². The number of piperazine rings is 1. The number of amides is 1. The normalized spacial score (nSPS) is 16.7. The summed E-state index contributed by atoms with van der Waals surface area (Å²) < 4.78 is 0. The standard InChI is InChI=1S/C35H42ClN3O/c1-2-21-39(30-16-10-5-11-17-30)35(40)33-27-31(18-19-34(33)36)38-25-23-37(24-26-38)22-20-32(28-12-6-3-7-13-28)29-14-8-4-9-15-29/h2-4,6-9,12-15,18-19,27,30,32H,1,5,10-11,16-17,20-26H2. The van der Waals surface area contributed by atoms with Gasteiger partial charge in [-0.05, 0) is 55.1 Å². The SMILES string of the molecule is C=CCN(C(=O)c1cc(N2CCN(CCC(c3ccccc3)c3ccccc3)CC2)ccc1Cl)C1CCCCC1. The van der Waals surface area contributed by atoms with Crippen LogP contribution in [0.5, 0.6) is 0 Å². The fraction of sp³-hybridized carbons (Fsp3) is 0.400. The molecule has 3 aromatic rings. The molecule has 40 heavy (non-hydrogen) atoms. The van der Waals surface area contributed by atoms with Gasteiger partial charge in [0.2, 0.25) is 0 Å². The molecule has 2 aliphatic rings. The van der Waals surface area contributed by atoms with Crippen LogP contribution in [0.1, 0.15) is 65.9 Å². The van der Waals surface area contributed by atoms with Gasteiger partial charge in [0.25, 0.3) is 5.91 Å². The van der Waals surface area contributed by atoms with Crippen LogP contribution in [0, 0.1) is 0 Å². The Morgan fingerprint density at radius 3 is 2.12 bits per heavy atom. The average Bonchev–Trinajstić information content (AvgIpc) is 3.02. The largest absolute Gasteiger partial charge is 0.369 e. The molecule has 5 rings (SSSR count). The van der Waals surface area contributed by atoms with E-state index in [4.69, 9.17) is 11.6 Å². The van der Waals surface area contributed by atoms with Crippen molar-refractivity contribution in [2.24, 2.45) is 0 Å². The van der Waals surface area contributed by atoms with Gasteiger partial charge in [0.1, 0.15) is 0 Å². The van der Waals surface area contributed by atoms with Gasteiger partial charge >= 0.3 is 0 Å². The van der Waals surface area contributed by atoms with Crippen LogP contribution in [-0.2, 0) is 0 Å². The van der Waals surface area contributed by atoms with Gasteiger partial charge in [-0.1, -0.05) is 97.6 Å². The van der Waals surface area contributed by atoms with Crippen molar-refractivity contribution >= 4 is 23.2 Å². The van der Waals surface area contributed by atoms with Gasteiger partial charge in [0.05, 0.1) is 10.6 Å². The highest BCUT2D eigenvalue weighted by molar-refractivity contribution is 6.34. The van der Waals surface area contributed by atoms with E-state index >= 15 is 0 Å². The lowest BCUT2D eigenvalue weighted by atomic mass is 9.88. The highest BCUT2D eigenvalue weighted by atomic mass is 35.5. The number of hydrogen-bond acceptors (Lipinski definition) is 3. The van der Waals surface area contributed by atoms with Crippen LogP contribution in [0.3, 0.4) is 0 Å². The Kier molecular flexibility index (Phi) is 9.96. The van der Waals surface area contributed by atoms with E-state index < -0.39 is 0 Å². The van der Waals surface area contributed by atoms with Gasteiger partial charge in [-0.2, -0.15) is 0 Å². The molecular weight excluding hydrogens is 514 g/mol. The maximum Gasteiger partial charge on any atom is 0.255 e. The number of anilines is 1. The van der Waals surface area contributed by atoms with Crippen molar-refractivity contribution in [3.05, 3.63) is 113 Å². The minimum absolute atomic E-state index is 0.0325. The van der Waals surface area contributed by atoms with Crippen LogP contribution >= 0.6 is 11.6 Å². The minimum atomic E-state index is 0.0325. The molecule has 1 saturated carbocycles. The molecule has 210 valence electrons. The van der Waals surface area contributed by atoms with E-state index in [0.717, 1.165) is 57.7 Å². The van der Waals surface area contributed by atoms with E-state index in [2.05, 4.69) is 83.1 Å². The van der Waals surface area contributed by atoms with Crippen molar-refractivity contribution in [3.63, 3.8) is 0 Å². The Labute approximate surface area is 245 Å². The second-order valence-corrected chi connectivity index (χ2v) is 11.6. The van der Waals surface area contributed by atoms with E-state index in [1.165, 1.54) is 30.4 Å². The zero-order valence-electron chi connectivity index (χ0n) is 23.6. The number of carbonyl (C=O) groups is 1. The van der Waals surface area contributed by atoms with Crippen LogP contribution in [-0.4, -0.2) is 61.0 Å². The van der Waals surface area contributed by atoms with Gasteiger partial charge in [0.15, 0.2) is 0 Å². The summed E-state index contributed by atoms with van der Waals surface area (Å²) in [5, 5.41) is 0.533. The van der Waals surface area contributed by atoms with Crippen molar-refractivity contribution in [2.45, 2.75) is 50.5 Å². The molecule has 1 heterocycles. The van der Waals surface area contributed by atoms with Crippen molar-refractivity contribution < 1.29 is 4.79 Å². The predicted molar refractivity (Wildman–Crippen MR) is 168 cm³/mol. The second-order valence-electron chi connectivity index (χ2n) is 11.2. The molecular formula is C35H42ClN3O. The number of carbonyl (C=O) groups excluding carboxylic acids is 1. The van der Waals surface area contributed by atoms with Crippen molar-refractivity contribution in [1.29, 1.82) is 0 Å². The van der Waals surface area contributed by atoms with Gasteiger partial charge in [0, 0.05) is 50.4 Å². The Hall–Kier alpha value is -3.08.